The van der Waals surface area contributed by atoms with E-state index in [0.29, 0.717) is 25.1 Å². The normalized spacial score (nSPS) is 16.7. The minimum absolute atomic E-state index is 0.0789. The van der Waals surface area contributed by atoms with Crippen molar-refractivity contribution in [3.8, 4) is 0 Å². The summed E-state index contributed by atoms with van der Waals surface area (Å²) in [4.78, 5) is 24.7. The summed E-state index contributed by atoms with van der Waals surface area (Å²) in [6, 6.07) is 13.1. The van der Waals surface area contributed by atoms with E-state index in [-0.39, 0.29) is 23.1 Å². The maximum Gasteiger partial charge on any atom is 0.241 e. The number of anilines is 1. The lowest BCUT2D eigenvalue weighted by molar-refractivity contribution is -0.122. The Kier molecular flexibility index (Phi) is 7.80. The summed E-state index contributed by atoms with van der Waals surface area (Å²) < 4.78 is 29.1. The Hall–Kier alpha value is -2.97. The molecule has 7 nitrogen and oxygen atoms in total. The van der Waals surface area contributed by atoms with Crippen LogP contribution < -0.4 is 15.4 Å². The maximum atomic E-state index is 13.2. The number of hydrogen-bond acceptors (Lipinski definition) is 4. The lowest BCUT2D eigenvalue weighted by atomic mass is 9.97. The highest BCUT2D eigenvalue weighted by Crippen LogP contribution is 2.26. The average Bonchev–Trinajstić information content (AvgIpc) is 2.84. The maximum absolute atomic E-state index is 13.2. The number of carbonyl (C=O) groups is 2. The Morgan fingerprint density at radius 1 is 1.03 bits per heavy atom. The fraction of sp³-hybridized carbons (Fsp3) is 0.385. The molecule has 2 aromatic carbocycles. The number of amides is 2. The third-order valence-electron chi connectivity index (χ3n) is 6.31. The standard InChI is InChI=1S/C26H31N3O4S/c30-25-14-11-21-18-22(12-13-23(21)28-25)34(32,33)29-24(17-20-9-5-2-6-10-20)26(31)27-16-15-19-7-3-1-4-8-19/h2,5-7,9-10,12-13,18,24,29H,1,3-4,8,11,14-17H2,(H,27,31)(H,28,30)/t24-/m0/s1. The van der Waals surface area contributed by atoms with Crippen LogP contribution in [-0.4, -0.2) is 32.8 Å². The molecule has 180 valence electrons. The monoisotopic (exact) mass is 481 g/mol. The van der Waals surface area contributed by atoms with Gasteiger partial charge in [-0.3, -0.25) is 9.59 Å². The Morgan fingerprint density at radius 2 is 1.85 bits per heavy atom. The first-order chi connectivity index (χ1) is 16.4. The fourth-order valence-electron chi connectivity index (χ4n) is 4.42. The summed E-state index contributed by atoms with van der Waals surface area (Å²) in [5, 5.41) is 5.68. The summed E-state index contributed by atoms with van der Waals surface area (Å²) in [6.45, 7) is 0.482. The Balaban J connectivity index is 1.48. The second-order valence-electron chi connectivity index (χ2n) is 8.88. The van der Waals surface area contributed by atoms with Gasteiger partial charge < -0.3 is 10.6 Å². The van der Waals surface area contributed by atoms with Gasteiger partial charge in [0, 0.05) is 18.7 Å². The van der Waals surface area contributed by atoms with Gasteiger partial charge in [0.05, 0.1) is 4.90 Å². The molecule has 4 rings (SSSR count). The van der Waals surface area contributed by atoms with E-state index in [0.717, 1.165) is 30.4 Å². The van der Waals surface area contributed by atoms with Crippen LogP contribution in [0.2, 0.25) is 0 Å². The van der Waals surface area contributed by atoms with Crippen LogP contribution in [0.4, 0.5) is 5.69 Å². The van der Waals surface area contributed by atoms with E-state index in [1.807, 2.05) is 30.3 Å². The van der Waals surface area contributed by atoms with Crippen molar-refractivity contribution < 1.29 is 18.0 Å². The van der Waals surface area contributed by atoms with Gasteiger partial charge in [-0.05, 0) is 74.3 Å². The van der Waals surface area contributed by atoms with Gasteiger partial charge in [0.1, 0.15) is 6.04 Å². The molecular formula is C26H31N3O4S. The van der Waals surface area contributed by atoms with Crippen LogP contribution in [0, 0.1) is 0 Å². The van der Waals surface area contributed by atoms with Gasteiger partial charge in [-0.2, -0.15) is 4.72 Å². The van der Waals surface area contributed by atoms with Crippen molar-refractivity contribution in [3.63, 3.8) is 0 Å². The number of aryl methyl sites for hydroxylation is 1. The first kappa shape index (κ1) is 24.2. The molecule has 0 radical (unpaired) electrons. The average molecular weight is 482 g/mol. The van der Waals surface area contributed by atoms with E-state index in [9.17, 15) is 18.0 Å². The minimum Gasteiger partial charge on any atom is -0.354 e. The Bertz CT molecular complexity index is 1180. The molecule has 0 saturated carbocycles. The summed E-state index contributed by atoms with van der Waals surface area (Å²) in [7, 11) is -3.95. The van der Waals surface area contributed by atoms with Crippen LogP contribution >= 0.6 is 0 Å². The summed E-state index contributed by atoms with van der Waals surface area (Å²) >= 11 is 0. The molecule has 0 aromatic heterocycles. The molecule has 1 aliphatic carbocycles. The second-order valence-corrected chi connectivity index (χ2v) is 10.6. The van der Waals surface area contributed by atoms with Crippen molar-refractivity contribution in [1.29, 1.82) is 0 Å². The van der Waals surface area contributed by atoms with Crippen LogP contribution in [0.3, 0.4) is 0 Å². The lowest BCUT2D eigenvalue weighted by Gasteiger charge is -2.21. The van der Waals surface area contributed by atoms with Crippen molar-refractivity contribution in [2.24, 2.45) is 0 Å². The Labute approximate surface area is 201 Å². The molecule has 2 aromatic rings. The molecule has 1 atom stereocenters. The second kappa shape index (κ2) is 11.0. The van der Waals surface area contributed by atoms with Gasteiger partial charge >= 0.3 is 0 Å². The molecule has 0 saturated heterocycles. The third kappa shape index (κ3) is 6.33. The van der Waals surface area contributed by atoms with Crippen LogP contribution in [0.5, 0.6) is 0 Å². The number of sulfonamides is 1. The van der Waals surface area contributed by atoms with Crippen molar-refractivity contribution in [3.05, 3.63) is 71.3 Å². The van der Waals surface area contributed by atoms with Crippen molar-refractivity contribution in [1.82, 2.24) is 10.0 Å². The molecule has 0 spiro atoms. The van der Waals surface area contributed by atoms with Crippen LogP contribution in [0.15, 0.2) is 65.1 Å². The van der Waals surface area contributed by atoms with E-state index in [1.165, 1.54) is 24.5 Å². The quantitative estimate of drug-likeness (QED) is 0.477. The predicted octanol–water partition coefficient (Wildman–Crippen LogP) is 3.47. The molecule has 8 heteroatoms. The Morgan fingerprint density at radius 3 is 2.62 bits per heavy atom. The van der Waals surface area contributed by atoms with Gasteiger partial charge in [-0.1, -0.05) is 42.0 Å². The summed E-state index contributed by atoms with van der Waals surface area (Å²) in [6.07, 6.45) is 8.63. The first-order valence-corrected chi connectivity index (χ1v) is 13.3. The highest BCUT2D eigenvalue weighted by molar-refractivity contribution is 7.89. The summed E-state index contributed by atoms with van der Waals surface area (Å²) in [5.41, 5.74) is 3.62. The number of benzene rings is 2. The van der Waals surface area contributed by atoms with E-state index < -0.39 is 16.1 Å². The zero-order chi connectivity index (χ0) is 24.0. The number of fused-ring (bicyclic) bond motifs is 1. The highest BCUT2D eigenvalue weighted by Gasteiger charge is 2.27. The molecule has 3 N–H and O–H groups in total. The first-order valence-electron chi connectivity index (χ1n) is 11.9. The van der Waals surface area contributed by atoms with Gasteiger partial charge in [-0.25, -0.2) is 8.42 Å². The molecule has 2 aliphatic rings. The van der Waals surface area contributed by atoms with Crippen LogP contribution in [0.1, 0.15) is 49.7 Å². The van der Waals surface area contributed by atoms with E-state index in [4.69, 9.17) is 0 Å². The molecular weight excluding hydrogens is 450 g/mol. The third-order valence-corrected chi connectivity index (χ3v) is 7.78. The molecule has 0 bridgehead atoms. The van der Waals surface area contributed by atoms with E-state index in [2.05, 4.69) is 21.4 Å². The van der Waals surface area contributed by atoms with Gasteiger partial charge in [0.15, 0.2) is 0 Å². The van der Waals surface area contributed by atoms with Gasteiger partial charge in [-0.15, -0.1) is 0 Å². The van der Waals surface area contributed by atoms with Crippen molar-refractivity contribution in [2.75, 3.05) is 11.9 Å². The zero-order valence-corrected chi connectivity index (χ0v) is 20.0. The molecule has 0 fully saturated rings. The van der Waals surface area contributed by atoms with E-state index >= 15 is 0 Å². The SMILES string of the molecule is O=C1CCc2cc(S(=O)(=O)N[C@@H](Cc3ccccc3)C(=O)NCCC3=CCCCC3)ccc2N1. The van der Waals surface area contributed by atoms with Crippen molar-refractivity contribution >= 4 is 27.5 Å². The molecule has 34 heavy (non-hydrogen) atoms. The number of allylic oxidation sites excluding steroid dienone is 1. The lowest BCUT2D eigenvalue weighted by Crippen LogP contribution is -2.48. The number of carbonyl (C=O) groups excluding carboxylic acids is 2. The largest absolute Gasteiger partial charge is 0.354 e. The van der Waals surface area contributed by atoms with Crippen LogP contribution in [0.25, 0.3) is 0 Å². The molecule has 1 heterocycles. The molecule has 2 amide bonds. The molecule has 0 unspecified atom stereocenters. The van der Waals surface area contributed by atoms with Crippen molar-refractivity contribution in [2.45, 2.75) is 62.3 Å². The smallest absolute Gasteiger partial charge is 0.241 e. The topological polar surface area (TPSA) is 104 Å². The van der Waals surface area contributed by atoms with Gasteiger partial charge in [0.2, 0.25) is 21.8 Å². The highest BCUT2D eigenvalue weighted by atomic mass is 32.2. The fourth-order valence-corrected chi connectivity index (χ4v) is 5.67. The number of hydrogen-bond donors (Lipinski definition) is 3. The van der Waals surface area contributed by atoms with E-state index in [1.54, 1.807) is 12.1 Å². The molecule has 1 aliphatic heterocycles. The van der Waals surface area contributed by atoms with Gasteiger partial charge in [0.25, 0.3) is 0 Å². The summed E-state index contributed by atoms with van der Waals surface area (Å²) in [5.74, 6) is -0.418. The number of nitrogens with one attached hydrogen (secondary N) is 3. The minimum atomic E-state index is -3.95. The van der Waals surface area contributed by atoms with Crippen LogP contribution in [-0.2, 0) is 32.5 Å². The predicted molar refractivity (Wildman–Crippen MR) is 132 cm³/mol. The number of rotatable bonds is 9. The zero-order valence-electron chi connectivity index (χ0n) is 19.2.